The van der Waals surface area contributed by atoms with E-state index in [0.717, 1.165) is 0 Å². The van der Waals surface area contributed by atoms with Crippen LogP contribution >= 0.6 is 0 Å². The summed E-state index contributed by atoms with van der Waals surface area (Å²) in [5, 5.41) is 25.0. The first-order valence-corrected chi connectivity index (χ1v) is 0.894. The van der Waals surface area contributed by atoms with Crippen LogP contribution in [0.2, 0.25) is 0 Å². The quantitative estimate of drug-likeness (QED) is 0.350. The Morgan fingerprint density at radius 3 is 0.545 bits per heavy atom. The Bertz CT molecular complexity index is 65.1. The average molecular weight is 256 g/mol. The molecule has 0 unspecified atom stereocenters. The van der Waals surface area contributed by atoms with Gasteiger partial charge in [0.2, 0.25) is 0 Å². The maximum atomic E-state index is 6.25. The van der Waals surface area contributed by atoms with Crippen LogP contribution in [-0.2, 0) is 36.5 Å². The fourth-order valence-corrected chi connectivity index (χ4v) is 0. The molecule has 0 amide bonds. The van der Waals surface area contributed by atoms with Crippen LogP contribution in [0.15, 0.2) is 0 Å². The van der Waals surface area contributed by atoms with Crippen molar-refractivity contribution in [2.24, 2.45) is 0 Å². The predicted octanol–water partition coefficient (Wildman–Crippen LogP) is -2.62. The van der Waals surface area contributed by atoms with Crippen LogP contribution in [0.4, 0.5) is 0 Å². The molecule has 0 aliphatic rings. The van der Waals surface area contributed by atoms with E-state index < -0.39 is 0 Å². The molecule has 0 aromatic carbocycles. The molecule has 0 heterocycles. The van der Waals surface area contributed by atoms with E-state index in [4.69, 9.17) is 47.3 Å². The zero-order valence-corrected chi connectivity index (χ0v) is 11.7. The topological polar surface area (TPSA) is 95.2 Å². The van der Waals surface area contributed by atoms with Crippen molar-refractivity contribution < 1.29 is 66.1 Å². The van der Waals surface area contributed by atoms with Crippen LogP contribution in [-0.4, -0.2) is 0 Å². The van der Waals surface area contributed by atoms with E-state index >= 15 is 0 Å². The maximum absolute atomic E-state index is 6.25. The molecular formula is C4CuN4NaZn+. The fourth-order valence-electron chi connectivity index (χ4n) is 0. The molecule has 0 bridgehead atoms. The summed E-state index contributed by atoms with van der Waals surface area (Å²) in [7, 11) is 0. The van der Waals surface area contributed by atoms with E-state index in [1.807, 2.05) is 0 Å². The van der Waals surface area contributed by atoms with E-state index in [-0.39, 0.29) is 66.1 Å². The van der Waals surface area contributed by atoms with Crippen molar-refractivity contribution in [1.29, 1.82) is 21.0 Å². The van der Waals surface area contributed by atoms with E-state index in [1.165, 1.54) is 0 Å². The third-order valence-corrected chi connectivity index (χ3v) is 0. The molecule has 0 saturated carbocycles. The zero-order valence-electron chi connectivity index (χ0n) is 5.80. The summed E-state index contributed by atoms with van der Waals surface area (Å²) in [4.78, 5) is 0. The zero-order chi connectivity index (χ0) is 8.00. The Hall–Kier alpha value is 0.103. The molecule has 0 aromatic rings. The van der Waals surface area contributed by atoms with Crippen molar-refractivity contribution in [2.75, 3.05) is 0 Å². The third kappa shape index (κ3) is 62700. The monoisotopic (exact) mass is 254 g/mol. The summed E-state index contributed by atoms with van der Waals surface area (Å²) in [6.45, 7) is 19.0. The molecule has 0 aromatic heterocycles. The number of rotatable bonds is 0. The molecule has 1 radical (unpaired) electrons. The van der Waals surface area contributed by atoms with Crippen LogP contribution in [0.5, 0.6) is 0 Å². The van der Waals surface area contributed by atoms with Crippen molar-refractivity contribution >= 4 is 0 Å². The minimum Gasteiger partial charge on any atom is -0.512 e. The van der Waals surface area contributed by atoms with E-state index in [1.54, 1.807) is 0 Å². The molecule has 0 rings (SSSR count). The smallest absolute Gasteiger partial charge is 0.512 e. The van der Waals surface area contributed by atoms with Gasteiger partial charge in [-0.05, 0) is 0 Å². The molecule has 0 aliphatic carbocycles. The Morgan fingerprint density at radius 1 is 0.545 bits per heavy atom. The average Bonchev–Trinajstić information content (AvgIpc) is 2.03. The van der Waals surface area contributed by atoms with Gasteiger partial charge in [-0.25, -0.2) is 0 Å². The summed E-state index contributed by atoms with van der Waals surface area (Å²) in [6, 6.07) is 0. The molecule has 0 N–H and O–H groups in total. The third-order valence-electron chi connectivity index (χ3n) is 0. The summed E-state index contributed by atoms with van der Waals surface area (Å²) in [6.07, 6.45) is 0. The van der Waals surface area contributed by atoms with Crippen LogP contribution in [0.3, 0.4) is 0 Å². The van der Waals surface area contributed by atoms with Crippen molar-refractivity contribution in [1.82, 2.24) is 0 Å². The summed E-state index contributed by atoms with van der Waals surface area (Å²) >= 11 is 0. The molecule has 0 atom stereocenters. The Balaban J connectivity index is -0.00000000356. The molecule has 11 heavy (non-hydrogen) atoms. The van der Waals surface area contributed by atoms with E-state index in [2.05, 4.69) is 0 Å². The molecule has 49 valence electrons. The van der Waals surface area contributed by atoms with Gasteiger partial charge in [0, 0.05) is 0 Å². The van der Waals surface area contributed by atoms with Crippen molar-refractivity contribution in [3.05, 3.63) is 26.3 Å². The summed E-state index contributed by atoms with van der Waals surface area (Å²) < 4.78 is 0. The Morgan fingerprint density at radius 2 is 0.545 bits per heavy atom. The maximum Gasteiger partial charge on any atom is 2.00 e. The second-order valence-corrected chi connectivity index (χ2v) is 0. The van der Waals surface area contributed by atoms with Gasteiger partial charge < -0.3 is 47.3 Å². The molecule has 0 aliphatic heterocycles. The van der Waals surface area contributed by atoms with Crippen molar-refractivity contribution in [3.8, 4) is 0 Å². The normalized spacial score (nSPS) is 0.727. The van der Waals surface area contributed by atoms with Gasteiger partial charge in [0.25, 0.3) is 0 Å². The molecule has 7 heteroatoms. The molecule has 0 saturated heterocycles. The second-order valence-electron chi connectivity index (χ2n) is 0. The summed E-state index contributed by atoms with van der Waals surface area (Å²) in [5.74, 6) is 0. The molecular weight excluding hydrogens is 256 g/mol. The molecule has 4 nitrogen and oxygen atoms in total. The Kier molecular flexibility index (Phi) is 484000. The van der Waals surface area contributed by atoms with Gasteiger partial charge in [-0.1, -0.05) is 0 Å². The van der Waals surface area contributed by atoms with Crippen LogP contribution < -0.4 is 29.6 Å². The number of nitrogens with zero attached hydrogens (tertiary/aromatic N) is 4. The van der Waals surface area contributed by atoms with Crippen molar-refractivity contribution in [3.63, 3.8) is 0 Å². The molecule has 0 spiro atoms. The molecule has 0 fully saturated rings. The van der Waals surface area contributed by atoms with Crippen LogP contribution in [0.1, 0.15) is 0 Å². The van der Waals surface area contributed by atoms with Gasteiger partial charge in [-0.2, -0.15) is 0 Å². The largest absolute Gasteiger partial charge is 2.00 e. The predicted molar refractivity (Wildman–Crippen MR) is 19.9 cm³/mol. The minimum absolute atomic E-state index is 0. The van der Waals surface area contributed by atoms with E-state index in [9.17, 15) is 0 Å². The van der Waals surface area contributed by atoms with E-state index in [0.29, 0.717) is 0 Å². The van der Waals surface area contributed by atoms with Gasteiger partial charge in [-0.3, -0.25) is 0 Å². The van der Waals surface area contributed by atoms with Crippen LogP contribution in [0, 0.1) is 47.3 Å². The van der Waals surface area contributed by atoms with Gasteiger partial charge in [0.15, 0.2) is 0 Å². The first kappa shape index (κ1) is 67.3. The van der Waals surface area contributed by atoms with Gasteiger partial charge >= 0.3 is 66.1 Å². The second kappa shape index (κ2) is 79100. The van der Waals surface area contributed by atoms with Gasteiger partial charge in [-0.15, -0.1) is 0 Å². The number of hydrogen-bond donors (Lipinski definition) is 0. The van der Waals surface area contributed by atoms with Crippen molar-refractivity contribution in [2.45, 2.75) is 0 Å². The standard InChI is InChI=1S/4CN.Cu.Na.Zn/c4*1-2;;;/q4*-1;+2;+1;+2. The first-order valence-electron chi connectivity index (χ1n) is 0.894. The van der Waals surface area contributed by atoms with Crippen LogP contribution in [0.25, 0.3) is 0 Å². The van der Waals surface area contributed by atoms with Gasteiger partial charge in [0.05, 0.1) is 0 Å². The Labute approximate surface area is 112 Å². The van der Waals surface area contributed by atoms with Gasteiger partial charge in [0.1, 0.15) is 0 Å². The minimum atomic E-state index is 0. The number of hydrogen-bond acceptors (Lipinski definition) is 4. The summed E-state index contributed by atoms with van der Waals surface area (Å²) in [5.41, 5.74) is 0. The SMILES string of the molecule is [C-]#N.[C-]#N.[C-]#N.[C-]#N.[Cu+2].[Na+].[Zn+2]. The fraction of sp³-hybridized carbons (Fsp3) is 0. The first-order chi connectivity index (χ1) is 4.00.